The third-order valence-electron chi connectivity index (χ3n) is 2.27. The van der Waals surface area contributed by atoms with Gasteiger partial charge in [-0.1, -0.05) is 39.0 Å². The number of carbonyl (C=O) groups is 1. The largest absolute Gasteiger partial charge is 0.466 e. The Morgan fingerprint density at radius 3 is 2.47 bits per heavy atom. The van der Waals surface area contributed by atoms with Crippen LogP contribution in [0, 0.1) is 0 Å². The predicted molar refractivity (Wildman–Crippen MR) is 67.3 cm³/mol. The molecule has 3 heteroatoms. The van der Waals surface area contributed by atoms with Crippen molar-refractivity contribution in [2.45, 2.75) is 51.9 Å². The molecule has 0 bridgehead atoms. The molecule has 0 aliphatic rings. The van der Waals surface area contributed by atoms with Crippen LogP contribution in [0.15, 0.2) is 0 Å². The molecule has 0 atom stereocenters. The first-order valence-electron chi connectivity index (χ1n) is 5.95. The van der Waals surface area contributed by atoms with Crippen LogP contribution in [0.3, 0.4) is 0 Å². The summed E-state index contributed by atoms with van der Waals surface area (Å²) < 4.78 is 5.10. The van der Waals surface area contributed by atoms with Crippen molar-refractivity contribution < 1.29 is 9.53 Å². The zero-order valence-corrected chi connectivity index (χ0v) is 10.9. The van der Waals surface area contributed by atoms with E-state index in [0.717, 1.165) is 12.2 Å². The Hall–Kier alpha value is -0.180. The van der Waals surface area contributed by atoms with Crippen molar-refractivity contribution in [3.8, 4) is 0 Å². The molecule has 0 rings (SSSR count). The molecule has 2 nitrogen and oxygen atoms in total. The first kappa shape index (κ1) is 14.8. The first-order valence-corrected chi connectivity index (χ1v) is 7.35. The van der Waals surface area contributed by atoms with Crippen LogP contribution in [0.1, 0.15) is 51.9 Å². The Labute approximate surface area is 98.2 Å². The number of hydrogen-bond acceptors (Lipinski definition) is 3. The topological polar surface area (TPSA) is 26.3 Å². The van der Waals surface area contributed by atoms with Gasteiger partial charge < -0.3 is 4.74 Å². The molecule has 0 spiro atoms. The molecule has 0 unspecified atom stereocenters. The molecule has 0 N–H and O–H groups in total. The lowest BCUT2D eigenvalue weighted by Gasteiger charge is -2.03. The van der Waals surface area contributed by atoms with Gasteiger partial charge in [0.05, 0.1) is 13.0 Å². The van der Waals surface area contributed by atoms with Crippen LogP contribution in [0.4, 0.5) is 0 Å². The lowest BCUT2D eigenvalue weighted by Crippen LogP contribution is -2.06. The maximum atomic E-state index is 11.1. The zero-order chi connectivity index (χ0) is 11.4. The van der Waals surface area contributed by atoms with Gasteiger partial charge in [0.25, 0.3) is 0 Å². The highest BCUT2D eigenvalue weighted by Crippen LogP contribution is 2.05. The van der Waals surface area contributed by atoms with Crippen molar-refractivity contribution in [2.24, 2.45) is 0 Å². The van der Waals surface area contributed by atoms with Gasteiger partial charge in [-0.25, -0.2) is 0 Å². The van der Waals surface area contributed by atoms with E-state index < -0.39 is 0 Å². The first-order chi connectivity index (χ1) is 7.31. The van der Waals surface area contributed by atoms with E-state index in [0.29, 0.717) is 13.0 Å². The summed E-state index contributed by atoms with van der Waals surface area (Å²) in [5.74, 6) is 0.827. The van der Waals surface area contributed by atoms with Gasteiger partial charge in [-0.3, -0.25) is 4.79 Å². The number of thioether (sulfide) groups is 1. The van der Waals surface area contributed by atoms with Crippen LogP contribution in [0.2, 0.25) is 0 Å². The van der Waals surface area contributed by atoms with Crippen molar-refractivity contribution in [1.29, 1.82) is 0 Å². The van der Waals surface area contributed by atoms with Crippen LogP contribution in [0.25, 0.3) is 0 Å². The third-order valence-corrected chi connectivity index (χ3v) is 2.88. The van der Waals surface area contributed by atoms with Crippen LogP contribution >= 0.6 is 11.8 Å². The molecule has 0 aromatic heterocycles. The monoisotopic (exact) mass is 232 g/mol. The fourth-order valence-corrected chi connectivity index (χ4v) is 1.70. The van der Waals surface area contributed by atoms with Crippen LogP contribution < -0.4 is 0 Å². The Morgan fingerprint density at radius 1 is 1.13 bits per heavy atom. The average molecular weight is 232 g/mol. The normalized spacial score (nSPS) is 10.3. The average Bonchev–Trinajstić information content (AvgIpc) is 2.25. The van der Waals surface area contributed by atoms with Gasteiger partial charge in [0, 0.05) is 5.75 Å². The summed E-state index contributed by atoms with van der Waals surface area (Å²) in [5.41, 5.74) is 0. The molecule has 0 aromatic rings. The number of unbranched alkanes of at least 4 members (excludes halogenated alkanes) is 5. The second-order valence-electron chi connectivity index (χ2n) is 3.73. The van der Waals surface area contributed by atoms with E-state index in [-0.39, 0.29) is 5.97 Å². The molecule has 0 aromatic carbocycles. The Morgan fingerprint density at radius 2 is 1.80 bits per heavy atom. The quantitative estimate of drug-likeness (QED) is 0.425. The number of rotatable bonds is 10. The van der Waals surface area contributed by atoms with Crippen molar-refractivity contribution >= 4 is 17.7 Å². The second kappa shape index (κ2) is 11.9. The standard InChI is InChI=1S/C12H24O2S/c1-3-4-5-6-7-8-10-14-12(13)9-11-15-2/h3-11H2,1-2H3. The van der Waals surface area contributed by atoms with Crippen molar-refractivity contribution in [2.75, 3.05) is 18.6 Å². The van der Waals surface area contributed by atoms with E-state index in [1.54, 1.807) is 11.8 Å². The summed E-state index contributed by atoms with van der Waals surface area (Å²) in [6.45, 7) is 2.83. The van der Waals surface area contributed by atoms with Gasteiger partial charge in [0.2, 0.25) is 0 Å². The molecule has 0 aliphatic carbocycles. The molecule has 0 saturated carbocycles. The van der Waals surface area contributed by atoms with Crippen LogP contribution in [-0.4, -0.2) is 24.6 Å². The van der Waals surface area contributed by atoms with Gasteiger partial charge in [0.15, 0.2) is 0 Å². The number of carbonyl (C=O) groups excluding carboxylic acids is 1. The summed E-state index contributed by atoms with van der Waals surface area (Å²) in [7, 11) is 0. The molecule has 0 fully saturated rings. The van der Waals surface area contributed by atoms with E-state index in [1.165, 1.54) is 32.1 Å². The second-order valence-corrected chi connectivity index (χ2v) is 4.72. The highest BCUT2D eigenvalue weighted by Gasteiger charge is 2.00. The van der Waals surface area contributed by atoms with E-state index in [9.17, 15) is 4.79 Å². The van der Waals surface area contributed by atoms with Gasteiger partial charge in [-0.2, -0.15) is 11.8 Å². The fourth-order valence-electron chi connectivity index (χ4n) is 1.33. The highest BCUT2D eigenvalue weighted by molar-refractivity contribution is 7.98. The molecule has 15 heavy (non-hydrogen) atoms. The summed E-state index contributed by atoms with van der Waals surface area (Å²) in [4.78, 5) is 11.1. The van der Waals surface area contributed by atoms with Crippen LogP contribution in [-0.2, 0) is 9.53 Å². The van der Waals surface area contributed by atoms with Crippen molar-refractivity contribution in [3.05, 3.63) is 0 Å². The smallest absolute Gasteiger partial charge is 0.306 e. The SMILES string of the molecule is CCCCCCCCOC(=O)CCSC. The molecule has 90 valence electrons. The molecule has 0 heterocycles. The third kappa shape index (κ3) is 11.7. The molecular weight excluding hydrogens is 208 g/mol. The number of hydrogen-bond donors (Lipinski definition) is 0. The highest BCUT2D eigenvalue weighted by atomic mass is 32.2. The minimum Gasteiger partial charge on any atom is -0.466 e. The van der Waals surface area contributed by atoms with Crippen molar-refractivity contribution in [1.82, 2.24) is 0 Å². The zero-order valence-electron chi connectivity index (χ0n) is 10.1. The molecule has 0 radical (unpaired) electrons. The van der Waals surface area contributed by atoms with Gasteiger partial charge in [-0.05, 0) is 12.7 Å². The lowest BCUT2D eigenvalue weighted by molar-refractivity contribution is -0.143. The summed E-state index contributed by atoms with van der Waals surface area (Å²) in [6, 6.07) is 0. The van der Waals surface area contributed by atoms with E-state index in [1.807, 2.05) is 6.26 Å². The molecule has 0 aliphatic heterocycles. The van der Waals surface area contributed by atoms with Crippen LogP contribution in [0.5, 0.6) is 0 Å². The maximum Gasteiger partial charge on any atom is 0.306 e. The van der Waals surface area contributed by atoms with Crippen molar-refractivity contribution in [3.63, 3.8) is 0 Å². The molecule has 0 saturated heterocycles. The van der Waals surface area contributed by atoms with Gasteiger partial charge >= 0.3 is 5.97 Å². The fraction of sp³-hybridized carbons (Fsp3) is 0.917. The Balaban J connectivity index is 3.06. The van der Waals surface area contributed by atoms with E-state index >= 15 is 0 Å². The molecular formula is C12H24O2S. The molecule has 0 amide bonds. The number of esters is 1. The van der Waals surface area contributed by atoms with Gasteiger partial charge in [0.1, 0.15) is 0 Å². The summed E-state index contributed by atoms with van der Waals surface area (Å²) in [5, 5.41) is 0. The minimum atomic E-state index is -0.0436. The lowest BCUT2D eigenvalue weighted by atomic mass is 10.1. The maximum absolute atomic E-state index is 11.1. The van der Waals surface area contributed by atoms with Gasteiger partial charge in [-0.15, -0.1) is 0 Å². The minimum absolute atomic E-state index is 0.0436. The summed E-state index contributed by atoms with van der Waals surface area (Å²) in [6.07, 6.45) is 9.97. The van der Waals surface area contributed by atoms with E-state index in [2.05, 4.69) is 6.92 Å². The van der Waals surface area contributed by atoms with E-state index in [4.69, 9.17) is 4.74 Å². The summed E-state index contributed by atoms with van der Waals surface area (Å²) >= 11 is 1.68. The number of ether oxygens (including phenoxy) is 1. The Kier molecular flexibility index (Phi) is 11.7. The predicted octanol–water partition coefficient (Wildman–Crippen LogP) is 3.64. The Bertz CT molecular complexity index is 149.